The third kappa shape index (κ3) is 4.43. The lowest BCUT2D eigenvalue weighted by Crippen LogP contribution is -2.47. The van der Waals surface area contributed by atoms with Gasteiger partial charge in [0.15, 0.2) is 0 Å². The van der Waals surface area contributed by atoms with Gasteiger partial charge in [-0.25, -0.2) is 0 Å². The van der Waals surface area contributed by atoms with Crippen molar-refractivity contribution in [1.82, 2.24) is 5.32 Å². The lowest BCUT2D eigenvalue weighted by molar-refractivity contribution is -0.0989. The summed E-state index contributed by atoms with van der Waals surface area (Å²) in [5.74, 6) is 0.854. The van der Waals surface area contributed by atoms with Gasteiger partial charge in [-0.15, -0.1) is 0 Å². The smallest absolute Gasteiger partial charge is 0.0554 e. The van der Waals surface area contributed by atoms with E-state index in [1.807, 2.05) is 0 Å². The van der Waals surface area contributed by atoms with E-state index in [0.29, 0.717) is 5.41 Å². The van der Waals surface area contributed by atoms with Crippen LogP contribution in [0.3, 0.4) is 0 Å². The highest BCUT2D eigenvalue weighted by molar-refractivity contribution is 4.82. The molecular formula is C12H25NO. The Labute approximate surface area is 88.4 Å². The van der Waals surface area contributed by atoms with Crippen LogP contribution in [-0.2, 0) is 4.74 Å². The average molecular weight is 199 g/mol. The molecule has 2 nitrogen and oxygen atoms in total. The second-order valence-corrected chi connectivity index (χ2v) is 5.37. The second kappa shape index (κ2) is 5.72. The molecule has 0 aromatic rings. The van der Waals surface area contributed by atoms with Crippen LogP contribution in [0.1, 0.15) is 40.0 Å². The predicted octanol–water partition coefficient (Wildman–Crippen LogP) is 2.44. The first-order valence-corrected chi connectivity index (χ1v) is 5.91. The van der Waals surface area contributed by atoms with Crippen LogP contribution in [0.25, 0.3) is 0 Å². The van der Waals surface area contributed by atoms with Gasteiger partial charge in [0.2, 0.25) is 0 Å². The third-order valence-electron chi connectivity index (χ3n) is 2.84. The largest absolute Gasteiger partial charge is 0.380 e. The van der Waals surface area contributed by atoms with Crippen molar-refractivity contribution < 1.29 is 4.74 Å². The topological polar surface area (TPSA) is 21.3 Å². The minimum atomic E-state index is 0.429. The molecule has 84 valence electrons. The summed E-state index contributed by atoms with van der Waals surface area (Å²) in [7, 11) is 0. The van der Waals surface area contributed by atoms with Crippen molar-refractivity contribution in [2.24, 2.45) is 11.3 Å². The summed E-state index contributed by atoms with van der Waals surface area (Å²) >= 11 is 0. The van der Waals surface area contributed by atoms with E-state index in [1.54, 1.807) is 0 Å². The standard InChI is InChI=1S/C12H25NO/c1-11(2)6-4-5-7-13-8-12(3)9-14-10-12/h11,13H,4-10H2,1-3H3. The predicted molar refractivity (Wildman–Crippen MR) is 60.5 cm³/mol. The molecule has 0 atom stereocenters. The Morgan fingerprint density at radius 1 is 1.29 bits per heavy atom. The highest BCUT2D eigenvalue weighted by atomic mass is 16.5. The highest BCUT2D eigenvalue weighted by Crippen LogP contribution is 2.24. The van der Waals surface area contributed by atoms with Crippen LogP contribution in [0.5, 0.6) is 0 Å². The average Bonchev–Trinajstić information content (AvgIpc) is 2.07. The fourth-order valence-electron chi connectivity index (χ4n) is 1.75. The molecule has 1 rings (SSSR count). The maximum Gasteiger partial charge on any atom is 0.0554 e. The van der Waals surface area contributed by atoms with Gasteiger partial charge in [-0.2, -0.15) is 0 Å². The van der Waals surface area contributed by atoms with Gasteiger partial charge in [-0.1, -0.05) is 33.6 Å². The molecule has 0 bridgehead atoms. The fourth-order valence-corrected chi connectivity index (χ4v) is 1.75. The summed E-state index contributed by atoms with van der Waals surface area (Å²) in [5.41, 5.74) is 0.429. The molecule has 0 aromatic heterocycles. The van der Waals surface area contributed by atoms with E-state index in [1.165, 1.54) is 25.8 Å². The van der Waals surface area contributed by atoms with Crippen molar-refractivity contribution in [3.8, 4) is 0 Å². The zero-order chi connectivity index (χ0) is 10.4. The molecular weight excluding hydrogens is 174 g/mol. The summed E-state index contributed by atoms with van der Waals surface area (Å²) in [6.07, 6.45) is 4.04. The summed E-state index contributed by atoms with van der Waals surface area (Å²) in [4.78, 5) is 0. The molecule has 1 heterocycles. The van der Waals surface area contributed by atoms with E-state index in [4.69, 9.17) is 4.74 Å². The first-order valence-electron chi connectivity index (χ1n) is 5.91. The molecule has 1 aliphatic heterocycles. The SMILES string of the molecule is CC(C)CCCCNCC1(C)COC1. The van der Waals surface area contributed by atoms with Crippen molar-refractivity contribution in [2.75, 3.05) is 26.3 Å². The Hall–Kier alpha value is -0.0800. The van der Waals surface area contributed by atoms with Crippen LogP contribution in [0.4, 0.5) is 0 Å². The summed E-state index contributed by atoms with van der Waals surface area (Å²) < 4.78 is 5.21. The van der Waals surface area contributed by atoms with E-state index >= 15 is 0 Å². The second-order valence-electron chi connectivity index (χ2n) is 5.37. The Morgan fingerprint density at radius 3 is 2.50 bits per heavy atom. The number of hydrogen-bond acceptors (Lipinski definition) is 2. The molecule has 1 saturated heterocycles. The first kappa shape index (κ1) is 12.0. The number of ether oxygens (including phenoxy) is 1. The van der Waals surface area contributed by atoms with Crippen molar-refractivity contribution in [3.63, 3.8) is 0 Å². The number of nitrogens with one attached hydrogen (secondary N) is 1. The van der Waals surface area contributed by atoms with Crippen LogP contribution >= 0.6 is 0 Å². The maximum absolute atomic E-state index is 5.21. The molecule has 0 aromatic carbocycles. The maximum atomic E-state index is 5.21. The first-order chi connectivity index (χ1) is 6.62. The summed E-state index contributed by atoms with van der Waals surface area (Å²) in [5, 5.41) is 3.52. The monoisotopic (exact) mass is 199 g/mol. The lowest BCUT2D eigenvalue weighted by atomic mass is 9.89. The van der Waals surface area contributed by atoms with Crippen molar-refractivity contribution in [1.29, 1.82) is 0 Å². The molecule has 0 radical (unpaired) electrons. The summed E-state index contributed by atoms with van der Waals surface area (Å²) in [6.45, 7) is 11.0. The van der Waals surface area contributed by atoms with Gasteiger partial charge < -0.3 is 10.1 Å². The molecule has 0 amide bonds. The zero-order valence-corrected chi connectivity index (χ0v) is 9.94. The van der Waals surface area contributed by atoms with Crippen molar-refractivity contribution in [3.05, 3.63) is 0 Å². The van der Waals surface area contributed by atoms with Crippen LogP contribution in [0.15, 0.2) is 0 Å². The van der Waals surface area contributed by atoms with Crippen molar-refractivity contribution in [2.45, 2.75) is 40.0 Å². The van der Waals surface area contributed by atoms with Gasteiger partial charge in [0, 0.05) is 12.0 Å². The van der Waals surface area contributed by atoms with Gasteiger partial charge in [0.05, 0.1) is 13.2 Å². The van der Waals surface area contributed by atoms with Gasteiger partial charge in [0.1, 0.15) is 0 Å². The quantitative estimate of drug-likeness (QED) is 0.636. The lowest BCUT2D eigenvalue weighted by Gasteiger charge is -2.38. The molecule has 14 heavy (non-hydrogen) atoms. The van der Waals surface area contributed by atoms with Crippen LogP contribution in [0.2, 0.25) is 0 Å². The van der Waals surface area contributed by atoms with Gasteiger partial charge >= 0.3 is 0 Å². The van der Waals surface area contributed by atoms with Crippen LogP contribution < -0.4 is 5.32 Å². The molecule has 1 aliphatic rings. The molecule has 0 unspecified atom stereocenters. The van der Waals surface area contributed by atoms with Crippen molar-refractivity contribution >= 4 is 0 Å². The summed E-state index contributed by atoms with van der Waals surface area (Å²) in [6, 6.07) is 0. The Balaban J connectivity index is 1.84. The molecule has 0 saturated carbocycles. The number of rotatable bonds is 7. The minimum Gasteiger partial charge on any atom is -0.380 e. The van der Waals surface area contributed by atoms with E-state index in [-0.39, 0.29) is 0 Å². The van der Waals surface area contributed by atoms with E-state index in [9.17, 15) is 0 Å². The normalized spacial score (nSPS) is 19.7. The van der Waals surface area contributed by atoms with Crippen LogP contribution in [0, 0.1) is 11.3 Å². The molecule has 0 spiro atoms. The van der Waals surface area contributed by atoms with Crippen LogP contribution in [-0.4, -0.2) is 26.3 Å². The third-order valence-corrected chi connectivity index (χ3v) is 2.84. The zero-order valence-electron chi connectivity index (χ0n) is 9.94. The highest BCUT2D eigenvalue weighted by Gasteiger charge is 2.32. The van der Waals surface area contributed by atoms with Gasteiger partial charge in [-0.05, 0) is 18.9 Å². The van der Waals surface area contributed by atoms with Gasteiger partial charge in [-0.3, -0.25) is 0 Å². The molecule has 1 N–H and O–H groups in total. The fraction of sp³-hybridized carbons (Fsp3) is 1.00. The Kier molecular flexibility index (Phi) is 4.90. The van der Waals surface area contributed by atoms with E-state index in [2.05, 4.69) is 26.1 Å². The number of unbranched alkanes of at least 4 members (excludes halogenated alkanes) is 1. The number of hydrogen-bond donors (Lipinski definition) is 1. The molecule has 2 heteroatoms. The minimum absolute atomic E-state index is 0.429. The van der Waals surface area contributed by atoms with E-state index < -0.39 is 0 Å². The Bertz CT molecular complexity index is 152. The molecule has 0 aliphatic carbocycles. The van der Waals surface area contributed by atoms with Gasteiger partial charge in [0.25, 0.3) is 0 Å². The van der Waals surface area contributed by atoms with E-state index in [0.717, 1.165) is 25.7 Å². The Morgan fingerprint density at radius 2 is 2.00 bits per heavy atom. The molecule has 1 fully saturated rings.